The van der Waals surface area contributed by atoms with Crippen molar-refractivity contribution in [2.45, 2.75) is 46.3 Å². The number of hydrogen-bond donors (Lipinski definition) is 0. The molecule has 2 nitrogen and oxygen atoms in total. The first-order valence-corrected chi connectivity index (χ1v) is 12.5. The van der Waals surface area contributed by atoms with Crippen LogP contribution in [0.5, 0.6) is 0 Å². The van der Waals surface area contributed by atoms with Gasteiger partial charge < -0.3 is 0 Å². The van der Waals surface area contributed by atoms with Gasteiger partial charge in [0, 0.05) is 0 Å². The maximum atomic E-state index is 2.41. The fourth-order valence-electron chi connectivity index (χ4n) is 4.54. The molecule has 31 heavy (non-hydrogen) atoms. The van der Waals surface area contributed by atoms with Crippen molar-refractivity contribution in [1.29, 1.82) is 0 Å². The molecule has 0 unspecified atom stereocenters. The van der Waals surface area contributed by atoms with E-state index in [-0.39, 0.29) is 7.92 Å². The zero-order chi connectivity index (χ0) is 21.8. The summed E-state index contributed by atoms with van der Waals surface area (Å²) < 4.78 is 4.60. The lowest BCUT2D eigenvalue weighted by Gasteiger charge is -2.25. The molecule has 1 heterocycles. The molecule has 4 aromatic rings. The maximum absolute atomic E-state index is 2.41. The second-order valence-electron chi connectivity index (χ2n) is 8.48. The zero-order valence-electron chi connectivity index (χ0n) is 19.0. The Morgan fingerprint density at radius 3 is 1.94 bits per heavy atom. The van der Waals surface area contributed by atoms with Crippen molar-refractivity contribution >= 4 is 18.5 Å². The monoisotopic (exact) mass is 427 g/mol. The summed E-state index contributed by atoms with van der Waals surface area (Å²) in [5.41, 5.74) is 5.87. The summed E-state index contributed by atoms with van der Waals surface area (Å²) in [6.07, 6.45) is 7.78. The highest BCUT2D eigenvalue weighted by atomic mass is 31.1. The Hall–Kier alpha value is -2.70. The summed E-state index contributed by atoms with van der Waals surface area (Å²) in [4.78, 5) is 0. The predicted molar refractivity (Wildman–Crippen MR) is 133 cm³/mol. The van der Waals surface area contributed by atoms with E-state index in [1.165, 1.54) is 33.0 Å². The number of imidazole rings is 1. The summed E-state index contributed by atoms with van der Waals surface area (Å²) in [5.74, 6) is 0. The molecule has 0 spiro atoms. The van der Waals surface area contributed by atoms with Crippen LogP contribution in [0.3, 0.4) is 0 Å². The average molecular weight is 428 g/mol. The molecular weight excluding hydrogens is 395 g/mol. The van der Waals surface area contributed by atoms with E-state index in [1.807, 2.05) is 0 Å². The van der Waals surface area contributed by atoms with E-state index in [9.17, 15) is 0 Å². The molecule has 0 bridgehead atoms. The SMILES string of the molecule is Cc1cc(C)c(-n2cc[n+](CC[C@H](C)P(c3ccccc3)c3ccccc3)c2)c(C)c1. The van der Waals surface area contributed by atoms with E-state index < -0.39 is 0 Å². The van der Waals surface area contributed by atoms with E-state index >= 15 is 0 Å². The van der Waals surface area contributed by atoms with Crippen LogP contribution in [0, 0.1) is 20.8 Å². The maximum Gasteiger partial charge on any atom is 0.248 e. The van der Waals surface area contributed by atoms with E-state index in [0.29, 0.717) is 5.66 Å². The van der Waals surface area contributed by atoms with Crippen LogP contribution in [0.2, 0.25) is 0 Å². The van der Waals surface area contributed by atoms with Gasteiger partial charge >= 0.3 is 0 Å². The highest BCUT2D eigenvalue weighted by Gasteiger charge is 2.22. The molecule has 1 atom stereocenters. The van der Waals surface area contributed by atoms with E-state index in [1.54, 1.807) is 0 Å². The normalized spacial score (nSPS) is 12.3. The van der Waals surface area contributed by atoms with Crippen LogP contribution in [-0.2, 0) is 6.54 Å². The molecule has 158 valence electrons. The van der Waals surface area contributed by atoms with Gasteiger partial charge in [-0.2, -0.15) is 0 Å². The standard InChI is InChI=1S/C28H32N2P/c1-22-19-23(2)28(24(3)20-22)30-18-17-29(21-30)16-15-25(4)31(26-11-7-5-8-12-26)27-13-9-6-10-14-27/h5-14,17-21,25H,15-16H2,1-4H3/q+1/t25-/m0/s1. The van der Waals surface area contributed by atoms with E-state index in [2.05, 4.69) is 128 Å². The van der Waals surface area contributed by atoms with Crippen molar-refractivity contribution in [3.05, 3.63) is 108 Å². The van der Waals surface area contributed by atoms with Crippen molar-refractivity contribution < 1.29 is 4.57 Å². The molecule has 0 aliphatic heterocycles. The molecular formula is C28H32N2P+. The van der Waals surface area contributed by atoms with Gasteiger partial charge in [-0.1, -0.05) is 85.3 Å². The van der Waals surface area contributed by atoms with Gasteiger partial charge in [0.15, 0.2) is 0 Å². The van der Waals surface area contributed by atoms with Crippen LogP contribution in [0.15, 0.2) is 91.5 Å². The number of aromatic nitrogens is 2. The second kappa shape index (κ2) is 9.62. The van der Waals surface area contributed by atoms with Crippen LogP contribution in [-0.4, -0.2) is 10.2 Å². The van der Waals surface area contributed by atoms with Crippen LogP contribution >= 0.6 is 7.92 Å². The van der Waals surface area contributed by atoms with Gasteiger partial charge in [0.25, 0.3) is 0 Å². The third-order valence-corrected chi connectivity index (χ3v) is 8.75. The Kier molecular flexibility index (Phi) is 6.68. The average Bonchev–Trinajstić information content (AvgIpc) is 3.22. The first-order chi connectivity index (χ1) is 15.0. The molecule has 0 radical (unpaired) electrons. The smallest absolute Gasteiger partial charge is 0.236 e. The number of aryl methyl sites for hydroxylation is 4. The van der Waals surface area contributed by atoms with Gasteiger partial charge in [-0.15, -0.1) is 0 Å². The Morgan fingerprint density at radius 1 is 0.839 bits per heavy atom. The summed E-state index contributed by atoms with van der Waals surface area (Å²) in [6.45, 7) is 10.0. The highest BCUT2D eigenvalue weighted by molar-refractivity contribution is 7.73. The largest absolute Gasteiger partial charge is 0.248 e. The molecule has 0 fully saturated rings. The summed E-state index contributed by atoms with van der Waals surface area (Å²) in [7, 11) is -0.379. The summed E-state index contributed by atoms with van der Waals surface area (Å²) in [6, 6.07) is 26.6. The van der Waals surface area contributed by atoms with Gasteiger partial charge in [0.1, 0.15) is 18.1 Å². The molecule has 0 aliphatic carbocycles. The predicted octanol–water partition coefficient (Wildman–Crippen LogP) is 5.60. The van der Waals surface area contributed by atoms with E-state index in [0.717, 1.165) is 13.0 Å². The molecule has 0 saturated heterocycles. The highest BCUT2D eigenvalue weighted by Crippen LogP contribution is 2.40. The van der Waals surface area contributed by atoms with Gasteiger partial charge in [-0.3, -0.25) is 0 Å². The van der Waals surface area contributed by atoms with Gasteiger partial charge in [0.2, 0.25) is 6.33 Å². The Balaban J connectivity index is 1.52. The Labute approximate surface area is 188 Å². The molecule has 4 rings (SSSR count). The number of benzene rings is 3. The van der Waals surface area contributed by atoms with Crippen LogP contribution in [0.4, 0.5) is 0 Å². The third kappa shape index (κ3) is 4.97. The van der Waals surface area contributed by atoms with Crippen molar-refractivity contribution in [3.63, 3.8) is 0 Å². The van der Waals surface area contributed by atoms with Crippen molar-refractivity contribution in [1.82, 2.24) is 4.57 Å². The van der Waals surface area contributed by atoms with Crippen molar-refractivity contribution in [3.8, 4) is 5.69 Å². The van der Waals surface area contributed by atoms with Crippen LogP contribution < -0.4 is 15.2 Å². The second-order valence-corrected chi connectivity index (χ2v) is 11.1. The minimum absolute atomic E-state index is 0.379. The first-order valence-electron chi connectivity index (χ1n) is 11.1. The number of nitrogens with zero attached hydrogens (tertiary/aromatic N) is 2. The van der Waals surface area contributed by atoms with Gasteiger partial charge in [0.05, 0.1) is 6.54 Å². The lowest BCUT2D eigenvalue weighted by Crippen LogP contribution is -2.33. The number of rotatable bonds is 7. The minimum Gasteiger partial charge on any atom is -0.236 e. The van der Waals surface area contributed by atoms with Crippen molar-refractivity contribution in [2.75, 3.05) is 0 Å². The lowest BCUT2D eigenvalue weighted by atomic mass is 10.1. The topological polar surface area (TPSA) is 8.81 Å². The van der Waals surface area contributed by atoms with Crippen LogP contribution in [0.25, 0.3) is 5.69 Å². The lowest BCUT2D eigenvalue weighted by molar-refractivity contribution is -0.696. The van der Waals surface area contributed by atoms with Gasteiger partial charge in [-0.25, -0.2) is 9.13 Å². The molecule has 0 amide bonds. The van der Waals surface area contributed by atoms with Gasteiger partial charge in [-0.05, 0) is 62.5 Å². The summed E-state index contributed by atoms with van der Waals surface area (Å²) >= 11 is 0. The zero-order valence-corrected chi connectivity index (χ0v) is 19.9. The molecule has 1 aromatic heterocycles. The Morgan fingerprint density at radius 2 is 1.39 bits per heavy atom. The Bertz CT molecular complexity index is 1070. The molecule has 0 N–H and O–H groups in total. The fraction of sp³-hybridized carbons (Fsp3) is 0.250. The van der Waals surface area contributed by atoms with E-state index in [4.69, 9.17) is 0 Å². The summed E-state index contributed by atoms with van der Waals surface area (Å²) in [5, 5.41) is 2.93. The molecule has 0 saturated carbocycles. The first kappa shape index (κ1) is 21.5. The molecule has 3 heteroatoms. The third-order valence-electron chi connectivity index (χ3n) is 5.90. The minimum atomic E-state index is -0.379. The number of hydrogen-bond acceptors (Lipinski definition) is 0. The van der Waals surface area contributed by atoms with Crippen LogP contribution in [0.1, 0.15) is 30.0 Å². The molecule has 0 aliphatic rings. The molecule has 3 aromatic carbocycles. The fourth-order valence-corrected chi connectivity index (χ4v) is 7.22. The van der Waals surface area contributed by atoms with Crippen molar-refractivity contribution in [2.24, 2.45) is 0 Å². The quantitative estimate of drug-likeness (QED) is 0.268.